The van der Waals surface area contributed by atoms with Gasteiger partial charge in [0.1, 0.15) is 11.5 Å². The van der Waals surface area contributed by atoms with Crippen LogP contribution in [0.5, 0.6) is 11.5 Å². The van der Waals surface area contributed by atoms with Crippen LogP contribution in [0.4, 0.5) is 34.1 Å². The topological polar surface area (TPSA) is 207 Å². The van der Waals surface area contributed by atoms with E-state index in [-0.39, 0.29) is 60.8 Å². The number of halogens is 1. The third-order valence-electron chi connectivity index (χ3n) is 6.88. The molecule has 0 aromatic heterocycles. The van der Waals surface area contributed by atoms with Crippen molar-refractivity contribution < 1.29 is 38.2 Å². The van der Waals surface area contributed by atoms with Crippen molar-refractivity contribution in [2.24, 2.45) is 0 Å². The fourth-order valence-electron chi connectivity index (χ4n) is 4.52. The van der Waals surface area contributed by atoms with Gasteiger partial charge in [-0.15, -0.1) is 11.6 Å². The van der Waals surface area contributed by atoms with Crippen LogP contribution in [-0.2, 0) is 19.2 Å². The number of carbonyl (C=O) groups is 6. The van der Waals surface area contributed by atoms with Crippen molar-refractivity contribution in [3.05, 3.63) is 96.1 Å². The van der Waals surface area contributed by atoms with E-state index in [1.807, 2.05) is 0 Å². The van der Waals surface area contributed by atoms with Crippen LogP contribution >= 0.6 is 11.6 Å². The maximum Gasteiger partial charge on any atom is 0.262 e. The number of alkyl halides is 1. The Bertz CT molecular complexity index is 1930. The first-order valence-electron chi connectivity index (χ1n) is 15.4. The molecular formula is C36H35ClN6O8. The number of anilines is 6. The summed E-state index contributed by atoms with van der Waals surface area (Å²) in [7, 11) is 0. The fourth-order valence-corrected chi connectivity index (χ4v) is 4.67. The number of benzene rings is 4. The van der Waals surface area contributed by atoms with E-state index in [0.717, 1.165) is 11.4 Å². The summed E-state index contributed by atoms with van der Waals surface area (Å²) in [5.41, 5.74) is 10.3. The lowest BCUT2D eigenvalue weighted by Gasteiger charge is -2.18. The van der Waals surface area contributed by atoms with E-state index in [1.165, 1.54) is 13.8 Å². The molecule has 2 aliphatic rings. The smallest absolute Gasteiger partial charge is 0.262 e. The Morgan fingerprint density at radius 3 is 1.55 bits per heavy atom. The minimum atomic E-state index is -0.241. The van der Waals surface area contributed by atoms with Crippen molar-refractivity contribution in [1.82, 2.24) is 0 Å². The summed E-state index contributed by atoms with van der Waals surface area (Å²) in [5.74, 6) is 0.0703. The van der Waals surface area contributed by atoms with Gasteiger partial charge in [-0.2, -0.15) is 0 Å². The van der Waals surface area contributed by atoms with Crippen molar-refractivity contribution in [3.8, 4) is 11.5 Å². The molecule has 0 saturated carbocycles. The normalized spacial score (nSPS) is 12.1. The number of hydrogen-bond acceptors (Lipinski definition) is 10. The molecule has 51 heavy (non-hydrogen) atoms. The molecule has 264 valence electrons. The van der Waals surface area contributed by atoms with E-state index >= 15 is 0 Å². The zero-order valence-corrected chi connectivity index (χ0v) is 28.4. The highest BCUT2D eigenvalue weighted by Gasteiger charge is 2.19. The van der Waals surface area contributed by atoms with Gasteiger partial charge in [0.15, 0.2) is 24.8 Å². The summed E-state index contributed by atoms with van der Waals surface area (Å²) in [6.45, 7) is 3.01. The van der Waals surface area contributed by atoms with E-state index in [0.29, 0.717) is 45.4 Å². The zero-order valence-electron chi connectivity index (χ0n) is 27.6. The Kier molecular flexibility index (Phi) is 13.1. The Labute approximate surface area is 298 Å². The summed E-state index contributed by atoms with van der Waals surface area (Å²) >= 11 is 5.43. The van der Waals surface area contributed by atoms with Crippen molar-refractivity contribution in [2.45, 2.75) is 13.8 Å². The summed E-state index contributed by atoms with van der Waals surface area (Å²) in [5, 5.41) is 13.6. The second-order valence-corrected chi connectivity index (χ2v) is 11.3. The van der Waals surface area contributed by atoms with E-state index in [2.05, 4.69) is 26.6 Å². The maximum atomic E-state index is 12.3. The molecule has 7 N–H and O–H groups in total. The van der Waals surface area contributed by atoms with Crippen LogP contribution in [0.15, 0.2) is 84.9 Å². The Balaban J connectivity index is 0.000000190. The lowest BCUT2D eigenvalue weighted by molar-refractivity contribution is -0.119. The standard InChI is InChI=1S/C18H17N3O4.C10H8ClNO3.C8H10N2O/c1-11(22)20-14-5-3-13(4-6-14)19-9-16(23)12-2-7-17-15(8-12)21-18(24)10-25-17;11-4-8(13)6-1-2-9-7(3-6)12-10(14)5-15-9;1-6(11)10-8-4-2-7(9)3-5-8/h2-8,19H,9-10H2,1H3,(H,20,22)(H,21,24);1-3H,4-5H2,(H,12,14);2-5H,9H2,1H3,(H,10,11). The number of carbonyl (C=O) groups excluding carboxylic acids is 6. The fraction of sp³-hybridized carbons (Fsp3) is 0.167. The lowest BCUT2D eigenvalue weighted by atomic mass is 10.1. The van der Waals surface area contributed by atoms with Gasteiger partial charge in [-0.3, -0.25) is 28.8 Å². The predicted octanol–water partition coefficient (Wildman–Crippen LogP) is 4.94. The van der Waals surface area contributed by atoms with E-state index in [9.17, 15) is 28.8 Å². The third kappa shape index (κ3) is 11.6. The SMILES string of the molecule is CC(=O)Nc1ccc(N)cc1.CC(=O)Nc1ccc(NCC(=O)c2ccc3c(c2)NC(=O)CO3)cc1.O=C1COc2ccc(C(=O)CCl)cc2N1. The van der Waals surface area contributed by atoms with Crippen molar-refractivity contribution in [1.29, 1.82) is 0 Å². The molecule has 4 aromatic carbocycles. The quantitative estimate of drug-likeness (QED) is 0.0823. The molecule has 4 aromatic rings. The number of fused-ring (bicyclic) bond motifs is 2. The van der Waals surface area contributed by atoms with Crippen LogP contribution < -0.4 is 41.8 Å². The number of Topliss-reactive ketones (excluding diaryl/α,β-unsaturated/α-hetero) is 2. The molecule has 0 unspecified atom stereocenters. The van der Waals surface area contributed by atoms with Gasteiger partial charge in [-0.25, -0.2) is 0 Å². The number of rotatable bonds is 8. The third-order valence-corrected chi connectivity index (χ3v) is 7.12. The number of nitrogen functional groups attached to an aromatic ring is 1. The first kappa shape index (κ1) is 37.4. The van der Waals surface area contributed by atoms with Gasteiger partial charge in [0.25, 0.3) is 11.8 Å². The van der Waals surface area contributed by atoms with Gasteiger partial charge in [0.2, 0.25) is 11.8 Å². The highest BCUT2D eigenvalue weighted by Crippen LogP contribution is 2.29. The van der Waals surface area contributed by atoms with Crippen LogP contribution in [0.1, 0.15) is 34.6 Å². The van der Waals surface area contributed by atoms with Crippen LogP contribution in [0.2, 0.25) is 0 Å². The van der Waals surface area contributed by atoms with Crippen molar-refractivity contribution in [2.75, 3.05) is 58.0 Å². The monoisotopic (exact) mass is 714 g/mol. The number of nitrogens with two attached hydrogens (primary N) is 1. The van der Waals surface area contributed by atoms with E-state index < -0.39 is 0 Å². The molecule has 4 amide bonds. The number of amides is 4. The minimum Gasteiger partial charge on any atom is -0.482 e. The number of ketones is 2. The average Bonchev–Trinajstić information content (AvgIpc) is 3.11. The molecule has 2 heterocycles. The zero-order chi connectivity index (χ0) is 36.9. The molecule has 0 saturated heterocycles. The van der Waals surface area contributed by atoms with Gasteiger partial charge in [-0.05, 0) is 84.9 Å². The number of nitrogens with one attached hydrogen (secondary N) is 5. The molecule has 6 rings (SSSR count). The minimum absolute atomic E-state index is 0.00972. The molecule has 0 radical (unpaired) electrons. The van der Waals surface area contributed by atoms with Crippen LogP contribution in [0, 0.1) is 0 Å². The molecule has 0 bridgehead atoms. The Morgan fingerprint density at radius 1 is 0.667 bits per heavy atom. The highest BCUT2D eigenvalue weighted by atomic mass is 35.5. The average molecular weight is 715 g/mol. The van der Waals surface area contributed by atoms with Gasteiger partial charge in [0, 0.05) is 47.7 Å². The van der Waals surface area contributed by atoms with Crippen molar-refractivity contribution in [3.63, 3.8) is 0 Å². The molecule has 15 heteroatoms. The lowest BCUT2D eigenvalue weighted by Crippen LogP contribution is -2.25. The molecule has 14 nitrogen and oxygen atoms in total. The summed E-state index contributed by atoms with van der Waals surface area (Å²) < 4.78 is 10.4. The van der Waals surface area contributed by atoms with Gasteiger partial charge >= 0.3 is 0 Å². The molecule has 0 aliphatic carbocycles. The Morgan fingerprint density at radius 2 is 1.10 bits per heavy atom. The van der Waals surface area contributed by atoms with E-state index in [1.54, 1.807) is 84.9 Å². The van der Waals surface area contributed by atoms with Gasteiger partial charge < -0.3 is 41.8 Å². The van der Waals surface area contributed by atoms with Gasteiger partial charge in [-0.1, -0.05) is 0 Å². The summed E-state index contributed by atoms with van der Waals surface area (Å²) in [6.07, 6.45) is 0. The second kappa shape index (κ2) is 17.8. The molecule has 0 fully saturated rings. The molecular weight excluding hydrogens is 680 g/mol. The molecule has 0 spiro atoms. The number of ether oxygens (including phenoxy) is 2. The van der Waals surface area contributed by atoms with Crippen molar-refractivity contribution >= 4 is 80.9 Å². The summed E-state index contributed by atoms with van der Waals surface area (Å²) in [4.78, 5) is 67.5. The summed E-state index contributed by atoms with van der Waals surface area (Å²) in [6, 6.07) is 23.8. The predicted molar refractivity (Wildman–Crippen MR) is 195 cm³/mol. The maximum absolute atomic E-state index is 12.3. The highest BCUT2D eigenvalue weighted by molar-refractivity contribution is 6.30. The first-order chi connectivity index (χ1) is 24.4. The largest absolute Gasteiger partial charge is 0.482 e. The second-order valence-electron chi connectivity index (χ2n) is 11.0. The molecule has 0 atom stereocenters. The van der Waals surface area contributed by atoms with Crippen LogP contribution in [0.3, 0.4) is 0 Å². The van der Waals surface area contributed by atoms with Crippen LogP contribution in [-0.4, -0.2) is 60.8 Å². The van der Waals surface area contributed by atoms with Crippen LogP contribution in [0.25, 0.3) is 0 Å². The first-order valence-corrected chi connectivity index (χ1v) is 15.9. The van der Waals surface area contributed by atoms with E-state index in [4.69, 9.17) is 26.8 Å². The van der Waals surface area contributed by atoms with Gasteiger partial charge in [0.05, 0.1) is 23.8 Å². The molecule has 2 aliphatic heterocycles. The Hall–Kier alpha value is -6.41. The number of hydrogen-bond donors (Lipinski definition) is 6.